The third kappa shape index (κ3) is 4.07. The second kappa shape index (κ2) is 4.75. The van der Waals surface area contributed by atoms with Gasteiger partial charge in [0, 0.05) is 0 Å². The maximum absolute atomic E-state index is 11.4. The first-order valence-electron chi connectivity index (χ1n) is 4.66. The fraction of sp³-hybridized carbons (Fsp3) is 0.900. The van der Waals surface area contributed by atoms with Crippen LogP contribution in [0.3, 0.4) is 0 Å². The molecule has 1 unspecified atom stereocenters. The van der Waals surface area contributed by atoms with Crippen molar-refractivity contribution in [3.05, 3.63) is 0 Å². The van der Waals surface area contributed by atoms with Gasteiger partial charge in [-0.15, -0.1) is 0 Å². The van der Waals surface area contributed by atoms with Crippen LogP contribution in [0.15, 0.2) is 0 Å². The van der Waals surface area contributed by atoms with E-state index in [1.54, 1.807) is 14.0 Å². The van der Waals surface area contributed by atoms with E-state index in [-0.39, 0.29) is 11.6 Å². The highest BCUT2D eigenvalue weighted by molar-refractivity contribution is 5.80. The molecule has 0 aromatic rings. The van der Waals surface area contributed by atoms with Crippen molar-refractivity contribution >= 4 is 5.97 Å². The number of hydrogen-bond donors (Lipinski definition) is 1. The summed E-state index contributed by atoms with van der Waals surface area (Å²) in [5.74, 6) is -0.316. The van der Waals surface area contributed by atoms with Crippen molar-refractivity contribution in [1.82, 2.24) is 5.32 Å². The minimum absolute atomic E-state index is 0.258. The Bertz CT molecular complexity index is 198. The zero-order valence-corrected chi connectivity index (χ0v) is 9.93. The van der Waals surface area contributed by atoms with E-state index in [2.05, 4.69) is 5.32 Å². The number of esters is 1. The summed E-state index contributed by atoms with van der Waals surface area (Å²) in [5, 5.41) is 2.90. The molecule has 0 saturated carbocycles. The molecule has 0 aromatic heterocycles. The Morgan fingerprint density at radius 2 is 1.79 bits per heavy atom. The molecule has 0 aliphatic carbocycles. The van der Waals surface area contributed by atoms with Crippen LogP contribution >= 0.6 is 0 Å². The van der Waals surface area contributed by atoms with E-state index >= 15 is 0 Å². The first-order chi connectivity index (χ1) is 6.25. The minimum atomic E-state index is -0.776. The highest BCUT2D eigenvalue weighted by atomic mass is 16.5. The Kier molecular flexibility index (Phi) is 4.55. The lowest BCUT2D eigenvalue weighted by Crippen LogP contribution is -2.53. The van der Waals surface area contributed by atoms with Crippen LogP contribution in [0.1, 0.15) is 27.7 Å². The number of likely N-dealkylation sites (N-methyl/N-ethyl adjacent to an activating group) is 1. The molecule has 0 fully saturated rings. The standard InChI is InChI=1S/C10H21NO3/c1-9(2,3)14-7-10(4,11-5)8(12)13-6/h11H,7H2,1-6H3. The summed E-state index contributed by atoms with van der Waals surface area (Å²) in [6, 6.07) is 0. The molecule has 0 aliphatic heterocycles. The van der Waals surface area contributed by atoms with E-state index in [1.807, 2.05) is 20.8 Å². The highest BCUT2D eigenvalue weighted by Gasteiger charge is 2.34. The van der Waals surface area contributed by atoms with Crippen molar-refractivity contribution in [2.75, 3.05) is 20.8 Å². The lowest BCUT2D eigenvalue weighted by Gasteiger charge is -2.30. The van der Waals surface area contributed by atoms with Gasteiger partial charge in [-0.25, -0.2) is 4.79 Å². The third-order valence-electron chi connectivity index (χ3n) is 1.98. The Morgan fingerprint density at radius 1 is 1.29 bits per heavy atom. The largest absolute Gasteiger partial charge is 0.468 e. The zero-order chi connectivity index (χ0) is 11.4. The highest BCUT2D eigenvalue weighted by Crippen LogP contribution is 2.13. The average molecular weight is 203 g/mol. The second-order valence-corrected chi connectivity index (χ2v) is 4.47. The molecule has 0 aliphatic rings. The monoisotopic (exact) mass is 203 g/mol. The second-order valence-electron chi connectivity index (χ2n) is 4.47. The normalized spacial score (nSPS) is 16.1. The molecule has 0 rings (SSSR count). The number of carbonyl (C=O) groups is 1. The van der Waals surface area contributed by atoms with Gasteiger partial charge in [0.2, 0.25) is 0 Å². The molecular weight excluding hydrogens is 182 g/mol. The smallest absolute Gasteiger partial charge is 0.328 e. The summed E-state index contributed by atoms with van der Waals surface area (Å²) >= 11 is 0. The number of nitrogens with one attached hydrogen (secondary N) is 1. The van der Waals surface area contributed by atoms with Gasteiger partial charge in [-0.1, -0.05) is 0 Å². The maximum atomic E-state index is 11.4. The van der Waals surface area contributed by atoms with Crippen LogP contribution < -0.4 is 5.32 Å². The van der Waals surface area contributed by atoms with Crippen LogP contribution in [-0.4, -0.2) is 37.9 Å². The number of rotatable bonds is 4. The molecule has 0 bridgehead atoms. The summed E-state index contributed by atoms with van der Waals surface area (Å²) in [6.07, 6.45) is 0. The Morgan fingerprint density at radius 3 is 2.07 bits per heavy atom. The molecule has 0 radical (unpaired) electrons. The van der Waals surface area contributed by atoms with Gasteiger partial charge < -0.3 is 14.8 Å². The predicted octanol–water partition coefficient (Wildman–Crippen LogP) is 0.953. The SMILES string of the molecule is CNC(C)(COC(C)(C)C)C(=O)OC. The molecule has 0 spiro atoms. The molecular formula is C10H21NO3. The van der Waals surface area contributed by atoms with Crippen LogP contribution in [0.25, 0.3) is 0 Å². The van der Waals surface area contributed by atoms with Crippen molar-refractivity contribution in [3.63, 3.8) is 0 Å². The topological polar surface area (TPSA) is 47.6 Å². The van der Waals surface area contributed by atoms with Gasteiger partial charge in [-0.05, 0) is 34.7 Å². The van der Waals surface area contributed by atoms with Gasteiger partial charge in [0.25, 0.3) is 0 Å². The fourth-order valence-corrected chi connectivity index (χ4v) is 0.819. The zero-order valence-electron chi connectivity index (χ0n) is 9.93. The molecule has 4 nitrogen and oxygen atoms in total. The molecule has 0 heterocycles. The lowest BCUT2D eigenvalue weighted by molar-refractivity contribution is -0.152. The summed E-state index contributed by atoms with van der Waals surface area (Å²) in [7, 11) is 3.08. The van der Waals surface area contributed by atoms with E-state index in [0.717, 1.165) is 0 Å². The van der Waals surface area contributed by atoms with Crippen molar-refractivity contribution in [2.24, 2.45) is 0 Å². The van der Waals surface area contributed by atoms with Crippen LogP contribution in [0.5, 0.6) is 0 Å². The molecule has 0 saturated heterocycles. The molecule has 84 valence electrons. The maximum Gasteiger partial charge on any atom is 0.328 e. The fourth-order valence-electron chi connectivity index (χ4n) is 0.819. The van der Waals surface area contributed by atoms with Gasteiger partial charge in [-0.3, -0.25) is 0 Å². The Labute approximate surface area is 86.0 Å². The molecule has 0 aromatic carbocycles. The van der Waals surface area contributed by atoms with E-state index in [9.17, 15) is 4.79 Å². The van der Waals surface area contributed by atoms with Crippen LogP contribution in [0, 0.1) is 0 Å². The van der Waals surface area contributed by atoms with Gasteiger partial charge in [0.1, 0.15) is 5.54 Å². The summed E-state index contributed by atoms with van der Waals surface area (Å²) in [4.78, 5) is 11.4. The number of ether oxygens (including phenoxy) is 2. The first-order valence-corrected chi connectivity index (χ1v) is 4.66. The molecule has 1 atom stereocenters. The number of hydrogen-bond acceptors (Lipinski definition) is 4. The minimum Gasteiger partial charge on any atom is -0.468 e. The van der Waals surface area contributed by atoms with Gasteiger partial charge in [-0.2, -0.15) is 0 Å². The van der Waals surface area contributed by atoms with E-state index in [1.165, 1.54) is 7.11 Å². The summed E-state index contributed by atoms with van der Waals surface area (Å²) in [5.41, 5.74) is -1.03. The first kappa shape index (κ1) is 13.4. The van der Waals surface area contributed by atoms with Crippen molar-refractivity contribution in [2.45, 2.75) is 38.8 Å². The van der Waals surface area contributed by atoms with Crippen molar-refractivity contribution in [1.29, 1.82) is 0 Å². The number of methoxy groups -OCH3 is 1. The Balaban J connectivity index is 4.34. The van der Waals surface area contributed by atoms with Gasteiger partial charge in [0.05, 0.1) is 19.3 Å². The predicted molar refractivity (Wildman–Crippen MR) is 55.2 cm³/mol. The quantitative estimate of drug-likeness (QED) is 0.691. The molecule has 4 heteroatoms. The lowest BCUT2D eigenvalue weighted by atomic mass is 10.0. The average Bonchev–Trinajstić information content (AvgIpc) is 2.11. The van der Waals surface area contributed by atoms with E-state index in [0.29, 0.717) is 6.61 Å². The van der Waals surface area contributed by atoms with Gasteiger partial charge in [0.15, 0.2) is 0 Å². The number of carbonyl (C=O) groups excluding carboxylic acids is 1. The Hall–Kier alpha value is -0.610. The molecule has 0 amide bonds. The molecule has 1 N–H and O–H groups in total. The summed E-state index contributed by atoms with van der Waals surface area (Å²) < 4.78 is 10.2. The van der Waals surface area contributed by atoms with Gasteiger partial charge >= 0.3 is 5.97 Å². The van der Waals surface area contributed by atoms with Crippen molar-refractivity contribution < 1.29 is 14.3 Å². The van der Waals surface area contributed by atoms with Crippen LogP contribution in [-0.2, 0) is 14.3 Å². The molecule has 14 heavy (non-hydrogen) atoms. The summed E-state index contributed by atoms with van der Waals surface area (Å²) in [6.45, 7) is 7.88. The van der Waals surface area contributed by atoms with E-state index < -0.39 is 5.54 Å². The van der Waals surface area contributed by atoms with E-state index in [4.69, 9.17) is 9.47 Å². The van der Waals surface area contributed by atoms with Crippen LogP contribution in [0.4, 0.5) is 0 Å². The van der Waals surface area contributed by atoms with Crippen molar-refractivity contribution in [3.8, 4) is 0 Å². The third-order valence-corrected chi connectivity index (χ3v) is 1.98. The van der Waals surface area contributed by atoms with Crippen LogP contribution in [0.2, 0.25) is 0 Å².